The Kier molecular flexibility index (Phi) is 2.42. The number of furan rings is 1. The van der Waals surface area contributed by atoms with E-state index in [-0.39, 0.29) is 0 Å². The Bertz CT molecular complexity index is 756. The Balaban J connectivity index is 1.94. The zero-order chi connectivity index (χ0) is 12.7. The Hall–Kier alpha value is -2.07. The van der Waals surface area contributed by atoms with E-state index in [1.54, 1.807) is 11.3 Å². The fourth-order valence-electron chi connectivity index (χ4n) is 2.47. The summed E-state index contributed by atoms with van der Waals surface area (Å²) in [5.41, 5.74) is 2.46. The van der Waals surface area contributed by atoms with Crippen LogP contribution in [-0.2, 0) is 0 Å². The molecular formula is C15H12N2OS. The standard InChI is InChI=1S/C15H12N2OS/c1-2-11(10-4-7-19-9-10)13-8-18-14(12(13)3-1)15-16-5-6-17-15/h1-4,7-9H,5-6H2,(H,16,17). The van der Waals surface area contributed by atoms with Crippen LogP contribution < -0.4 is 5.32 Å². The molecule has 3 aromatic rings. The van der Waals surface area contributed by atoms with E-state index >= 15 is 0 Å². The summed E-state index contributed by atoms with van der Waals surface area (Å²) in [6.45, 7) is 1.71. The lowest BCUT2D eigenvalue weighted by Crippen LogP contribution is -2.18. The summed E-state index contributed by atoms with van der Waals surface area (Å²) in [7, 11) is 0. The molecule has 0 unspecified atom stereocenters. The van der Waals surface area contributed by atoms with E-state index in [0.717, 1.165) is 35.5 Å². The molecule has 19 heavy (non-hydrogen) atoms. The first-order chi connectivity index (χ1) is 9.43. The van der Waals surface area contributed by atoms with Crippen LogP contribution in [0.5, 0.6) is 0 Å². The van der Waals surface area contributed by atoms with Crippen LogP contribution in [0.25, 0.3) is 21.9 Å². The molecule has 94 valence electrons. The largest absolute Gasteiger partial charge is 0.460 e. The highest BCUT2D eigenvalue weighted by molar-refractivity contribution is 7.08. The Morgan fingerprint density at radius 3 is 3.00 bits per heavy atom. The highest BCUT2D eigenvalue weighted by Gasteiger charge is 2.17. The number of nitrogens with zero attached hydrogens (tertiary/aromatic N) is 1. The van der Waals surface area contributed by atoms with Crippen molar-refractivity contribution in [2.45, 2.75) is 0 Å². The first kappa shape index (κ1) is 10.8. The highest BCUT2D eigenvalue weighted by Crippen LogP contribution is 2.33. The summed E-state index contributed by atoms with van der Waals surface area (Å²) in [4.78, 5) is 4.43. The molecule has 1 aromatic carbocycles. The minimum absolute atomic E-state index is 0.821. The monoisotopic (exact) mass is 268 g/mol. The third-order valence-corrected chi connectivity index (χ3v) is 4.05. The number of benzene rings is 1. The van der Waals surface area contributed by atoms with Gasteiger partial charge in [-0.3, -0.25) is 4.99 Å². The third kappa shape index (κ3) is 1.68. The minimum atomic E-state index is 0.821. The van der Waals surface area contributed by atoms with Crippen molar-refractivity contribution in [1.82, 2.24) is 5.32 Å². The lowest BCUT2D eigenvalue weighted by molar-refractivity contribution is 0.560. The van der Waals surface area contributed by atoms with E-state index in [2.05, 4.69) is 45.3 Å². The molecule has 1 N–H and O–H groups in total. The molecule has 3 nitrogen and oxygen atoms in total. The first-order valence-electron chi connectivity index (χ1n) is 6.25. The maximum atomic E-state index is 5.75. The van der Waals surface area contributed by atoms with Gasteiger partial charge in [-0.15, -0.1) is 0 Å². The van der Waals surface area contributed by atoms with Crippen LogP contribution in [0.15, 0.2) is 50.7 Å². The summed E-state index contributed by atoms with van der Waals surface area (Å²) in [5, 5.41) is 9.79. The van der Waals surface area contributed by atoms with Crippen molar-refractivity contribution >= 4 is 27.9 Å². The van der Waals surface area contributed by atoms with E-state index in [9.17, 15) is 0 Å². The minimum Gasteiger partial charge on any atom is -0.460 e. The van der Waals surface area contributed by atoms with E-state index in [0.29, 0.717) is 0 Å². The van der Waals surface area contributed by atoms with Crippen LogP contribution in [0.1, 0.15) is 5.76 Å². The van der Waals surface area contributed by atoms with Gasteiger partial charge in [0.2, 0.25) is 0 Å². The predicted molar refractivity (Wildman–Crippen MR) is 78.9 cm³/mol. The lowest BCUT2D eigenvalue weighted by atomic mass is 10.0. The molecule has 1 aliphatic rings. The van der Waals surface area contributed by atoms with Gasteiger partial charge in [-0.2, -0.15) is 11.3 Å². The van der Waals surface area contributed by atoms with Crippen molar-refractivity contribution in [2.75, 3.05) is 13.1 Å². The normalized spacial score (nSPS) is 14.6. The van der Waals surface area contributed by atoms with Crippen molar-refractivity contribution in [3.63, 3.8) is 0 Å². The molecule has 0 atom stereocenters. The second-order valence-corrected chi connectivity index (χ2v) is 5.28. The maximum absolute atomic E-state index is 5.75. The molecule has 3 heterocycles. The molecule has 0 aliphatic carbocycles. The SMILES string of the molecule is c1cc(-c2ccsc2)c2coc(C3=NCCN3)c2c1. The van der Waals surface area contributed by atoms with Gasteiger partial charge in [0.15, 0.2) is 11.6 Å². The van der Waals surface area contributed by atoms with E-state index in [1.165, 1.54) is 11.1 Å². The van der Waals surface area contributed by atoms with Crippen LogP contribution in [0.2, 0.25) is 0 Å². The van der Waals surface area contributed by atoms with Crippen molar-refractivity contribution in [3.05, 3.63) is 47.0 Å². The number of hydrogen-bond donors (Lipinski definition) is 1. The molecule has 0 bridgehead atoms. The van der Waals surface area contributed by atoms with Gasteiger partial charge >= 0.3 is 0 Å². The summed E-state index contributed by atoms with van der Waals surface area (Å²) in [5.74, 6) is 1.72. The summed E-state index contributed by atoms with van der Waals surface area (Å²) in [6.07, 6.45) is 1.83. The first-order valence-corrected chi connectivity index (χ1v) is 7.19. The van der Waals surface area contributed by atoms with Crippen molar-refractivity contribution in [1.29, 1.82) is 0 Å². The van der Waals surface area contributed by atoms with Crippen molar-refractivity contribution in [3.8, 4) is 11.1 Å². The summed E-state index contributed by atoms with van der Waals surface area (Å²) in [6, 6.07) is 8.43. The average Bonchev–Trinajstić information content (AvgIpc) is 3.18. The van der Waals surface area contributed by atoms with Gasteiger partial charge in [0, 0.05) is 17.3 Å². The molecule has 0 saturated carbocycles. The second kappa shape index (κ2) is 4.24. The van der Waals surface area contributed by atoms with Gasteiger partial charge < -0.3 is 9.73 Å². The number of rotatable bonds is 2. The summed E-state index contributed by atoms with van der Waals surface area (Å²) < 4.78 is 5.75. The Labute approximate surface area is 114 Å². The van der Waals surface area contributed by atoms with Crippen LogP contribution in [0.4, 0.5) is 0 Å². The van der Waals surface area contributed by atoms with Gasteiger partial charge in [0.25, 0.3) is 0 Å². The lowest BCUT2D eigenvalue weighted by Gasteiger charge is -2.01. The second-order valence-electron chi connectivity index (χ2n) is 4.50. The molecule has 0 saturated heterocycles. The Morgan fingerprint density at radius 2 is 2.21 bits per heavy atom. The van der Waals surface area contributed by atoms with Crippen molar-refractivity contribution in [2.24, 2.45) is 4.99 Å². The highest BCUT2D eigenvalue weighted by atomic mass is 32.1. The number of thiophene rings is 1. The van der Waals surface area contributed by atoms with Crippen molar-refractivity contribution < 1.29 is 4.42 Å². The molecule has 4 heteroatoms. The molecule has 0 radical (unpaired) electrons. The zero-order valence-electron chi connectivity index (χ0n) is 10.2. The van der Waals surface area contributed by atoms with Crippen LogP contribution >= 0.6 is 11.3 Å². The number of hydrogen-bond acceptors (Lipinski definition) is 4. The summed E-state index contributed by atoms with van der Waals surface area (Å²) >= 11 is 1.71. The zero-order valence-corrected chi connectivity index (χ0v) is 11.0. The Morgan fingerprint density at radius 1 is 1.21 bits per heavy atom. The third-order valence-electron chi connectivity index (χ3n) is 3.37. The van der Waals surface area contributed by atoms with E-state index in [4.69, 9.17) is 4.42 Å². The fraction of sp³-hybridized carbons (Fsp3) is 0.133. The van der Waals surface area contributed by atoms with Gasteiger partial charge in [0.05, 0.1) is 12.8 Å². The van der Waals surface area contributed by atoms with Gasteiger partial charge in [-0.25, -0.2) is 0 Å². The van der Waals surface area contributed by atoms with Gasteiger partial charge in [-0.1, -0.05) is 18.2 Å². The topological polar surface area (TPSA) is 37.5 Å². The quantitative estimate of drug-likeness (QED) is 0.772. The molecule has 2 aromatic heterocycles. The van der Waals surface area contributed by atoms with Crippen LogP contribution in [0.3, 0.4) is 0 Å². The smallest absolute Gasteiger partial charge is 0.176 e. The molecule has 0 amide bonds. The fourth-order valence-corrected chi connectivity index (χ4v) is 3.13. The van der Waals surface area contributed by atoms with E-state index in [1.807, 2.05) is 6.26 Å². The molecular weight excluding hydrogens is 256 g/mol. The molecule has 1 aliphatic heterocycles. The average molecular weight is 268 g/mol. The number of amidine groups is 1. The van der Waals surface area contributed by atoms with Gasteiger partial charge in [-0.05, 0) is 28.0 Å². The number of aliphatic imine (C=N–C) groups is 1. The van der Waals surface area contributed by atoms with E-state index < -0.39 is 0 Å². The molecule has 0 fully saturated rings. The number of fused-ring (bicyclic) bond motifs is 1. The number of nitrogens with one attached hydrogen (secondary N) is 1. The van der Waals surface area contributed by atoms with Crippen LogP contribution in [0, 0.1) is 0 Å². The molecule has 4 rings (SSSR count). The van der Waals surface area contributed by atoms with Gasteiger partial charge in [0.1, 0.15) is 0 Å². The van der Waals surface area contributed by atoms with Crippen LogP contribution in [-0.4, -0.2) is 18.9 Å². The predicted octanol–water partition coefficient (Wildman–Crippen LogP) is 3.51. The molecule has 0 spiro atoms. The maximum Gasteiger partial charge on any atom is 0.176 e.